The van der Waals surface area contributed by atoms with E-state index in [0.717, 1.165) is 0 Å². The number of ether oxygens (including phenoxy) is 1. The normalized spacial score (nSPS) is 9.55. The highest BCUT2D eigenvalue weighted by Gasteiger charge is 2.15. The number of esters is 1. The first-order valence-corrected chi connectivity index (χ1v) is 3.13. The summed E-state index contributed by atoms with van der Waals surface area (Å²) in [7, 11) is 0. The Morgan fingerprint density at radius 1 is 1.82 bits per heavy atom. The number of rotatable bonds is 2. The standard InChI is InChI=1S/C6H7N2O3/c1-2-11-6(10)4-3-7-8-5(4)9/h3H,2H2,1H3,(H,7,8). The zero-order valence-electron chi connectivity index (χ0n) is 5.96. The summed E-state index contributed by atoms with van der Waals surface area (Å²) in [6.45, 7) is 1.92. The van der Waals surface area contributed by atoms with Crippen LogP contribution >= 0.6 is 0 Å². The molecule has 0 aromatic carbocycles. The Hall–Kier alpha value is -1.52. The van der Waals surface area contributed by atoms with Crippen LogP contribution in [-0.2, 0) is 9.84 Å². The molecule has 11 heavy (non-hydrogen) atoms. The molecule has 5 heteroatoms. The molecule has 0 saturated carbocycles. The van der Waals surface area contributed by atoms with Gasteiger partial charge in [0.2, 0.25) is 0 Å². The van der Waals surface area contributed by atoms with Gasteiger partial charge in [0.1, 0.15) is 5.56 Å². The molecule has 1 radical (unpaired) electrons. The van der Waals surface area contributed by atoms with Gasteiger partial charge in [-0.1, -0.05) is 0 Å². The summed E-state index contributed by atoms with van der Waals surface area (Å²) >= 11 is 0. The molecule has 59 valence electrons. The van der Waals surface area contributed by atoms with E-state index < -0.39 is 11.8 Å². The number of nitrogens with zero attached hydrogens (tertiary/aromatic N) is 1. The van der Waals surface area contributed by atoms with E-state index in [-0.39, 0.29) is 12.2 Å². The molecule has 0 aliphatic rings. The molecule has 1 rings (SSSR count). The van der Waals surface area contributed by atoms with Crippen LogP contribution in [0.3, 0.4) is 0 Å². The summed E-state index contributed by atoms with van der Waals surface area (Å²) in [6.07, 6.45) is 1.22. The molecule has 0 aliphatic carbocycles. The first-order chi connectivity index (χ1) is 5.25. The molecule has 0 spiro atoms. The molecular formula is C6H7N2O3. The number of H-pyrrole nitrogens is 1. The molecule has 0 atom stereocenters. The summed E-state index contributed by atoms with van der Waals surface area (Å²) in [6, 6.07) is 0. The van der Waals surface area contributed by atoms with Crippen molar-refractivity contribution in [2.45, 2.75) is 6.92 Å². The molecule has 0 bridgehead atoms. The maximum absolute atomic E-state index is 10.8. The first-order valence-electron chi connectivity index (χ1n) is 3.13. The van der Waals surface area contributed by atoms with Gasteiger partial charge in [-0.15, -0.1) is 5.10 Å². The molecule has 5 nitrogen and oxygen atoms in total. The number of carbonyl (C=O) groups is 1. The number of aromatic nitrogens is 2. The molecule has 1 heterocycles. The lowest BCUT2D eigenvalue weighted by atomic mass is 10.3. The van der Waals surface area contributed by atoms with Crippen molar-refractivity contribution in [3.63, 3.8) is 0 Å². The Morgan fingerprint density at radius 3 is 3.00 bits per heavy atom. The Balaban J connectivity index is 2.76. The lowest BCUT2D eigenvalue weighted by Gasteiger charge is -1.95. The third-order valence-corrected chi connectivity index (χ3v) is 1.10. The summed E-state index contributed by atoms with van der Waals surface area (Å²) in [4.78, 5) is 10.8. The second-order valence-electron chi connectivity index (χ2n) is 1.82. The molecule has 0 saturated heterocycles. The summed E-state index contributed by atoms with van der Waals surface area (Å²) < 4.78 is 4.57. The van der Waals surface area contributed by atoms with E-state index in [1.54, 1.807) is 6.92 Å². The van der Waals surface area contributed by atoms with Crippen LogP contribution in [0, 0.1) is 0 Å². The van der Waals surface area contributed by atoms with Gasteiger partial charge in [0.25, 0.3) is 0 Å². The van der Waals surface area contributed by atoms with Crippen molar-refractivity contribution in [2.75, 3.05) is 6.61 Å². The topological polar surface area (TPSA) is 74.9 Å². The van der Waals surface area contributed by atoms with Gasteiger partial charge in [-0.05, 0) is 6.92 Å². The van der Waals surface area contributed by atoms with Crippen LogP contribution in [0.15, 0.2) is 6.20 Å². The van der Waals surface area contributed by atoms with E-state index in [4.69, 9.17) is 0 Å². The smallest absolute Gasteiger partial charge is 0.345 e. The molecule has 0 aliphatic heterocycles. The van der Waals surface area contributed by atoms with E-state index in [1.807, 2.05) is 0 Å². The molecule has 1 N–H and O–H groups in total. The third kappa shape index (κ3) is 1.49. The highest BCUT2D eigenvalue weighted by molar-refractivity contribution is 5.91. The monoisotopic (exact) mass is 155 g/mol. The van der Waals surface area contributed by atoms with E-state index in [1.165, 1.54) is 6.20 Å². The van der Waals surface area contributed by atoms with Crippen LogP contribution in [0.25, 0.3) is 0 Å². The minimum Gasteiger partial charge on any atom is -0.462 e. The quantitative estimate of drug-likeness (QED) is 0.639. The largest absolute Gasteiger partial charge is 0.462 e. The number of hydrogen-bond donors (Lipinski definition) is 1. The van der Waals surface area contributed by atoms with E-state index in [2.05, 4.69) is 14.9 Å². The average Bonchev–Trinajstić information content (AvgIpc) is 2.36. The molecule has 1 aromatic heterocycles. The number of aromatic amines is 1. The van der Waals surface area contributed by atoms with E-state index in [0.29, 0.717) is 0 Å². The van der Waals surface area contributed by atoms with Crippen molar-refractivity contribution in [3.05, 3.63) is 11.8 Å². The predicted octanol–water partition coefficient (Wildman–Crippen LogP) is 0.730. The Morgan fingerprint density at radius 2 is 2.55 bits per heavy atom. The summed E-state index contributed by atoms with van der Waals surface area (Å²) in [5.41, 5.74) is -0.0492. The van der Waals surface area contributed by atoms with Crippen molar-refractivity contribution < 1.29 is 14.6 Å². The molecule has 0 unspecified atom stereocenters. The minimum absolute atomic E-state index is 0.0492. The van der Waals surface area contributed by atoms with Crippen LogP contribution in [0.5, 0.6) is 5.88 Å². The van der Waals surface area contributed by atoms with Crippen LogP contribution in [-0.4, -0.2) is 22.8 Å². The van der Waals surface area contributed by atoms with Gasteiger partial charge in [-0.25, -0.2) is 4.79 Å². The van der Waals surface area contributed by atoms with Gasteiger partial charge in [-0.3, -0.25) is 10.2 Å². The Labute approximate surface area is 63.0 Å². The zero-order chi connectivity index (χ0) is 8.27. The van der Waals surface area contributed by atoms with Crippen molar-refractivity contribution in [1.29, 1.82) is 0 Å². The van der Waals surface area contributed by atoms with Gasteiger partial charge in [0.05, 0.1) is 6.61 Å². The van der Waals surface area contributed by atoms with Gasteiger partial charge in [0.15, 0.2) is 0 Å². The lowest BCUT2D eigenvalue weighted by Crippen LogP contribution is -2.02. The van der Waals surface area contributed by atoms with Crippen molar-refractivity contribution in [1.82, 2.24) is 10.2 Å². The van der Waals surface area contributed by atoms with Gasteiger partial charge >= 0.3 is 11.8 Å². The molecule has 0 fully saturated rings. The fraction of sp³-hybridized carbons (Fsp3) is 0.333. The van der Waals surface area contributed by atoms with Crippen LogP contribution in [0.2, 0.25) is 0 Å². The van der Waals surface area contributed by atoms with Crippen LogP contribution in [0.4, 0.5) is 0 Å². The van der Waals surface area contributed by atoms with Crippen molar-refractivity contribution >= 4 is 5.97 Å². The minimum atomic E-state index is -0.633. The van der Waals surface area contributed by atoms with E-state index in [9.17, 15) is 9.90 Å². The molecular weight excluding hydrogens is 148 g/mol. The van der Waals surface area contributed by atoms with Crippen LogP contribution in [0.1, 0.15) is 17.3 Å². The highest BCUT2D eigenvalue weighted by atomic mass is 16.5. The fourth-order valence-corrected chi connectivity index (χ4v) is 0.632. The highest BCUT2D eigenvalue weighted by Crippen LogP contribution is 2.12. The second kappa shape index (κ2) is 3.05. The summed E-state index contributed by atoms with van der Waals surface area (Å²) in [5.74, 6) is -1.21. The van der Waals surface area contributed by atoms with Gasteiger partial charge in [0, 0.05) is 6.20 Å². The van der Waals surface area contributed by atoms with Gasteiger partial charge < -0.3 is 4.74 Å². The number of hydrogen-bond acceptors (Lipinski definition) is 3. The number of carbonyl (C=O) groups excluding carboxylic acids is 1. The summed E-state index contributed by atoms with van der Waals surface area (Å²) in [5, 5.41) is 16.2. The Bertz CT molecular complexity index is 256. The lowest BCUT2D eigenvalue weighted by molar-refractivity contribution is 0.0521. The van der Waals surface area contributed by atoms with E-state index >= 15 is 0 Å². The first kappa shape index (κ1) is 7.59. The van der Waals surface area contributed by atoms with Crippen molar-refractivity contribution in [2.24, 2.45) is 0 Å². The molecule has 0 amide bonds. The zero-order valence-corrected chi connectivity index (χ0v) is 5.96. The third-order valence-electron chi connectivity index (χ3n) is 1.10. The SMILES string of the molecule is CCOC(=O)c1c[nH]nc1[O]. The maximum atomic E-state index is 10.8. The molecule has 1 aromatic rings. The second-order valence-corrected chi connectivity index (χ2v) is 1.82. The van der Waals surface area contributed by atoms with Crippen LogP contribution < -0.4 is 0 Å². The van der Waals surface area contributed by atoms with Crippen molar-refractivity contribution in [3.8, 4) is 5.88 Å². The van der Waals surface area contributed by atoms with Gasteiger partial charge in [-0.2, -0.15) is 0 Å². The fourth-order valence-electron chi connectivity index (χ4n) is 0.632. The number of nitrogens with one attached hydrogen (secondary N) is 1. The maximum Gasteiger partial charge on any atom is 0.345 e. The predicted molar refractivity (Wildman–Crippen MR) is 34.7 cm³/mol. The Kier molecular flexibility index (Phi) is 2.10. The average molecular weight is 155 g/mol.